The van der Waals surface area contributed by atoms with Crippen molar-refractivity contribution < 1.29 is 19.1 Å². The smallest absolute Gasteiger partial charge is 0.337 e. The van der Waals surface area contributed by atoms with Crippen LogP contribution in [0.1, 0.15) is 44.2 Å². The van der Waals surface area contributed by atoms with Crippen molar-refractivity contribution in [1.29, 1.82) is 0 Å². The number of carbonyl (C=O) groups excluding carboxylic acids is 2. The molecular formula is C21H21NO4. The third-order valence-corrected chi connectivity index (χ3v) is 5.21. The van der Waals surface area contributed by atoms with Gasteiger partial charge in [-0.25, -0.2) is 4.79 Å². The first kappa shape index (κ1) is 16.6. The highest BCUT2D eigenvalue weighted by Gasteiger charge is 2.29. The molecule has 2 aliphatic rings. The van der Waals surface area contributed by atoms with Crippen molar-refractivity contribution in [2.45, 2.75) is 18.8 Å². The minimum atomic E-state index is -0.397. The molecule has 2 aromatic carbocycles. The summed E-state index contributed by atoms with van der Waals surface area (Å²) >= 11 is 0. The van der Waals surface area contributed by atoms with E-state index in [0.29, 0.717) is 17.0 Å². The normalized spacial score (nSPS) is 18.3. The van der Waals surface area contributed by atoms with Crippen LogP contribution in [-0.2, 0) is 11.2 Å². The Bertz CT molecular complexity index is 844. The number of esters is 1. The number of hydrogen-bond acceptors (Lipinski definition) is 4. The molecule has 1 atom stereocenters. The second-order valence-corrected chi connectivity index (χ2v) is 6.77. The summed E-state index contributed by atoms with van der Waals surface area (Å²) < 4.78 is 10.3. The Kier molecular flexibility index (Phi) is 4.37. The van der Waals surface area contributed by atoms with Crippen LogP contribution in [0, 0.1) is 0 Å². The fourth-order valence-electron chi connectivity index (χ4n) is 3.73. The Morgan fingerprint density at radius 2 is 1.88 bits per heavy atom. The Labute approximate surface area is 152 Å². The van der Waals surface area contributed by atoms with Crippen LogP contribution in [0.3, 0.4) is 0 Å². The van der Waals surface area contributed by atoms with Crippen LogP contribution in [0.2, 0.25) is 0 Å². The van der Waals surface area contributed by atoms with Crippen LogP contribution in [-0.4, -0.2) is 43.6 Å². The van der Waals surface area contributed by atoms with Crippen molar-refractivity contribution >= 4 is 11.9 Å². The van der Waals surface area contributed by atoms with Gasteiger partial charge < -0.3 is 14.4 Å². The van der Waals surface area contributed by atoms with E-state index in [9.17, 15) is 9.59 Å². The summed E-state index contributed by atoms with van der Waals surface area (Å²) in [6.45, 7) is 2.22. The summed E-state index contributed by atoms with van der Waals surface area (Å²) in [6.07, 6.45) is 1.93. The Hall–Kier alpha value is -2.82. The minimum Gasteiger partial charge on any atom is -0.493 e. The molecule has 1 saturated heterocycles. The maximum atomic E-state index is 12.8. The predicted octanol–water partition coefficient (Wildman–Crippen LogP) is 3.04. The van der Waals surface area contributed by atoms with Gasteiger partial charge in [-0.2, -0.15) is 0 Å². The fraction of sp³-hybridized carbons (Fsp3) is 0.333. The molecule has 0 aromatic heterocycles. The van der Waals surface area contributed by atoms with E-state index in [2.05, 4.69) is 16.9 Å². The summed E-state index contributed by atoms with van der Waals surface area (Å²) in [7, 11) is 1.34. The van der Waals surface area contributed by atoms with Gasteiger partial charge in [-0.3, -0.25) is 4.79 Å². The van der Waals surface area contributed by atoms with Crippen molar-refractivity contribution in [2.75, 3.05) is 26.8 Å². The van der Waals surface area contributed by atoms with Crippen LogP contribution >= 0.6 is 0 Å². The fourth-order valence-corrected chi connectivity index (χ4v) is 3.73. The molecule has 2 aromatic rings. The molecule has 0 aliphatic carbocycles. The van der Waals surface area contributed by atoms with Gasteiger partial charge in [-0.05, 0) is 47.9 Å². The molecule has 2 aliphatic heterocycles. The van der Waals surface area contributed by atoms with Crippen molar-refractivity contribution in [2.24, 2.45) is 0 Å². The molecule has 1 unspecified atom stereocenters. The van der Waals surface area contributed by atoms with E-state index in [1.54, 1.807) is 24.3 Å². The van der Waals surface area contributed by atoms with Crippen molar-refractivity contribution in [3.05, 3.63) is 64.7 Å². The first-order valence-corrected chi connectivity index (χ1v) is 8.89. The number of likely N-dealkylation sites (tertiary alicyclic amines) is 1. The average molecular weight is 351 g/mol. The third kappa shape index (κ3) is 3.05. The highest BCUT2D eigenvalue weighted by Crippen LogP contribution is 2.33. The van der Waals surface area contributed by atoms with Gasteiger partial charge in [0.2, 0.25) is 0 Å². The number of rotatable bonds is 3. The number of methoxy groups -OCH3 is 1. The molecule has 1 amide bonds. The molecule has 4 rings (SSSR count). The van der Waals surface area contributed by atoms with E-state index >= 15 is 0 Å². The summed E-state index contributed by atoms with van der Waals surface area (Å²) in [6, 6.07) is 13.0. The highest BCUT2D eigenvalue weighted by molar-refractivity contribution is 5.96. The monoisotopic (exact) mass is 351 g/mol. The largest absolute Gasteiger partial charge is 0.493 e. The zero-order valence-corrected chi connectivity index (χ0v) is 14.7. The van der Waals surface area contributed by atoms with Gasteiger partial charge in [-0.15, -0.1) is 0 Å². The molecule has 134 valence electrons. The van der Waals surface area contributed by atoms with Crippen LogP contribution in [0.4, 0.5) is 0 Å². The average Bonchev–Trinajstić information content (AvgIpc) is 3.35. The van der Waals surface area contributed by atoms with Crippen LogP contribution in [0.15, 0.2) is 42.5 Å². The predicted molar refractivity (Wildman–Crippen MR) is 96.7 cm³/mol. The van der Waals surface area contributed by atoms with Crippen LogP contribution < -0.4 is 4.74 Å². The molecule has 0 saturated carbocycles. The SMILES string of the molecule is COC(=O)c1ccc(C(=O)N2CCC(c3ccc4c(c3)CCO4)C2)cc1. The van der Waals surface area contributed by atoms with Gasteiger partial charge in [0.15, 0.2) is 0 Å². The lowest BCUT2D eigenvalue weighted by Crippen LogP contribution is -2.28. The van der Waals surface area contributed by atoms with Gasteiger partial charge in [0.1, 0.15) is 5.75 Å². The highest BCUT2D eigenvalue weighted by atomic mass is 16.5. The third-order valence-electron chi connectivity index (χ3n) is 5.21. The van der Waals surface area contributed by atoms with Gasteiger partial charge in [0.25, 0.3) is 5.91 Å². The lowest BCUT2D eigenvalue weighted by molar-refractivity contribution is 0.0600. The maximum absolute atomic E-state index is 12.8. The number of amides is 1. The van der Waals surface area contributed by atoms with E-state index in [4.69, 9.17) is 4.74 Å². The first-order chi connectivity index (χ1) is 12.7. The van der Waals surface area contributed by atoms with Crippen LogP contribution in [0.5, 0.6) is 5.75 Å². The van der Waals surface area contributed by atoms with Crippen LogP contribution in [0.25, 0.3) is 0 Å². The molecule has 0 bridgehead atoms. The number of ether oxygens (including phenoxy) is 2. The summed E-state index contributed by atoms with van der Waals surface area (Å²) in [5, 5.41) is 0. The number of hydrogen-bond donors (Lipinski definition) is 0. The number of benzene rings is 2. The molecule has 0 N–H and O–H groups in total. The van der Waals surface area contributed by atoms with E-state index in [-0.39, 0.29) is 5.91 Å². The van der Waals surface area contributed by atoms with Gasteiger partial charge in [0.05, 0.1) is 19.3 Å². The Balaban J connectivity index is 1.45. The molecule has 26 heavy (non-hydrogen) atoms. The summed E-state index contributed by atoms with van der Waals surface area (Å²) in [5.74, 6) is 0.962. The molecule has 0 spiro atoms. The summed E-state index contributed by atoms with van der Waals surface area (Å²) in [5.41, 5.74) is 3.60. The molecule has 5 heteroatoms. The lowest BCUT2D eigenvalue weighted by atomic mass is 9.96. The molecule has 1 fully saturated rings. The Morgan fingerprint density at radius 3 is 2.65 bits per heavy atom. The number of fused-ring (bicyclic) bond motifs is 1. The minimum absolute atomic E-state index is 0.00779. The zero-order chi connectivity index (χ0) is 18.1. The van der Waals surface area contributed by atoms with E-state index < -0.39 is 5.97 Å². The molecule has 5 nitrogen and oxygen atoms in total. The second kappa shape index (κ2) is 6.83. The number of nitrogens with zero attached hydrogens (tertiary/aromatic N) is 1. The summed E-state index contributed by atoms with van der Waals surface area (Å²) in [4.78, 5) is 26.1. The van der Waals surface area contributed by atoms with Crippen molar-refractivity contribution in [3.8, 4) is 5.75 Å². The van der Waals surface area contributed by atoms with E-state index in [1.165, 1.54) is 18.2 Å². The van der Waals surface area contributed by atoms with Gasteiger partial charge in [-0.1, -0.05) is 12.1 Å². The maximum Gasteiger partial charge on any atom is 0.337 e. The molecule has 2 heterocycles. The van der Waals surface area contributed by atoms with Crippen molar-refractivity contribution in [1.82, 2.24) is 4.90 Å². The van der Waals surface area contributed by atoms with Crippen molar-refractivity contribution in [3.63, 3.8) is 0 Å². The van der Waals surface area contributed by atoms with E-state index in [1.807, 2.05) is 11.0 Å². The van der Waals surface area contributed by atoms with Gasteiger partial charge >= 0.3 is 5.97 Å². The molecule has 0 radical (unpaired) electrons. The zero-order valence-electron chi connectivity index (χ0n) is 14.7. The Morgan fingerprint density at radius 1 is 1.12 bits per heavy atom. The lowest BCUT2D eigenvalue weighted by Gasteiger charge is -2.17. The molecular weight excluding hydrogens is 330 g/mol. The first-order valence-electron chi connectivity index (χ1n) is 8.89. The second-order valence-electron chi connectivity index (χ2n) is 6.77. The van der Waals surface area contributed by atoms with E-state index in [0.717, 1.165) is 38.3 Å². The quantitative estimate of drug-likeness (QED) is 0.798. The van der Waals surface area contributed by atoms with Gasteiger partial charge in [0, 0.05) is 31.0 Å². The number of carbonyl (C=O) groups is 2. The topological polar surface area (TPSA) is 55.8 Å². The standard InChI is InChI=1S/C21H21NO4/c1-25-21(24)15-4-2-14(3-5-15)20(23)22-10-8-18(13-22)16-6-7-19-17(12-16)9-11-26-19/h2-7,12,18H,8-11,13H2,1H3.